The molecule has 0 aromatic rings. The highest BCUT2D eigenvalue weighted by Crippen LogP contribution is 2.25. The molecule has 0 aromatic heterocycles. The first-order valence-corrected chi connectivity index (χ1v) is 6.56. The molecule has 0 radical (unpaired) electrons. The first-order chi connectivity index (χ1) is 9.50. The molecule has 3 atom stereocenters. The van der Waals surface area contributed by atoms with E-state index in [9.17, 15) is 14.4 Å². The molecule has 2 saturated heterocycles. The summed E-state index contributed by atoms with van der Waals surface area (Å²) in [6.45, 7) is 1.57. The second-order valence-corrected chi connectivity index (χ2v) is 5.04. The summed E-state index contributed by atoms with van der Waals surface area (Å²) in [6, 6.07) is -0.473. The largest absolute Gasteiger partial charge is 0.481 e. The number of piperidine rings is 1. The zero-order valence-electron chi connectivity index (χ0n) is 10.9. The summed E-state index contributed by atoms with van der Waals surface area (Å²) in [6.07, 6.45) is 0.158. The van der Waals surface area contributed by atoms with Gasteiger partial charge in [-0.2, -0.15) is 0 Å². The topological polar surface area (TPSA) is 116 Å². The maximum Gasteiger partial charge on any atom is 0.309 e. The van der Waals surface area contributed by atoms with E-state index in [1.807, 2.05) is 0 Å². The van der Waals surface area contributed by atoms with Gasteiger partial charge in [-0.3, -0.25) is 14.4 Å². The molecule has 2 fully saturated rings. The summed E-state index contributed by atoms with van der Waals surface area (Å²) in [5, 5.41) is 21.2. The number of ether oxygens (including phenoxy) is 1. The van der Waals surface area contributed by atoms with Crippen molar-refractivity contribution in [3.63, 3.8) is 0 Å². The Morgan fingerprint density at radius 1 is 1.15 bits per heavy atom. The smallest absolute Gasteiger partial charge is 0.309 e. The fourth-order valence-corrected chi connectivity index (χ4v) is 2.64. The van der Waals surface area contributed by atoms with Crippen molar-refractivity contribution in [2.75, 3.05) is 32.8 Å². The minimum Gasteiger partial charge on any atom is -0.481 e. The van der Waals surface area contributed by atoms with Gasteiger partial charge in [-0.1, -0.05) is 0 Å². The quantitative estimate of drug-likeness (QED) is 0.584. The molecule has 0 bridgehead atoms. The molecule has 3 N–H and O–H groups in total. The molecule has 0 saturated carbocycles. The number of morpholine rings is 1. The zero-order chi connectivity index (χ0) is 14.7. The summed E-state index contributed by atoms with van der Waals surface area (Å²) >= 11 is 0. The molecule has 0 aromatic carbocycles. The Morgan fingerprint density at radius 3 is 2.40 bits per heavy atom. The summed E-state index contributed by atoms with van der Waals surface area (Å²) in [5.41, 5.74) is 0. The minimum atomic E-state index is -1.18. The zero-order valence-corrected chi connectivity index (χ0v) is 10.9. The summed E-state index contributed by atoms with van der Waals surface area (Å²) in [4.78, 5) is 35.9. The molecule has 112 valence electrons. The molecule has 2 aliphatic heterocycles. The van der Waals surface area contributed by atoms with Crippen molar-refractivity contribution in [2.24, 2.45) is 11.8 Å². The van der Waals surface area contributed by atoms with Crippen LogP contribution in [0.3, 0.4) is 0 Å². The molecular weight excluding hydrogens is 268 g/mol. The van der Waals surface area contributed by atoms with Gasteiger partial charge >= 0.3 is 11.9 Å². The van der Waals surface area contributed by atoms with E-state index in [0.29, 0.717) is 13.2 Å². The molecule has 20 heavy (non-hydrogen) atoms. The number of aliphatic carboxylic acids is 2. The summed E-state index contributed by atoms with van der Waals surface area (Å²) < 4.78 is 5.21. The van der Waals surface area contributed by atoms with Crippen molar-refractivity contribution >= 4 is 17.8 Å². The SMILES string of the molecule is O=C(O)C1CCN(C(=O)C2COCCN2)CC1C(=O)O. The van der Waals surface area contributed by atoms with Gasteiger partial charge in [-0.25, -0.2) is 0 Å². The van der Waals surface area contributed by atoms with E-state index in [1.165, 1.54) is 4.90 Å². The number of hydrogen-bond donors (Lipinski definition) is 3. The Balaban J connectivity index is 2.02. The first-order valence-electron chi connectivity index (χ1n) is 6.56. The van der Waals surface area contributed by atoms with E-state index in [1.54, 1.807) is 0 Å². The lowest BCUT2D eigenvalue weighted by atomic mass is 9.85. The number of carboxylic acids is 2. The van der Waals surface area contributed by atoms with Crippen LogP contribution in [0.2, 0.25) is 0 Å². The van der Waals surface area contributed by atoms with E-state index < -0.39 is 29.8 Å². The molecule has 2 aliphatic rings. The van der Waals surface area contributed by atoms with Gasteiger partial charge in [0.05, 0.1) is 25.0 Å². The van der Waals surface area contributed by atoms with Crippen LogP contribution in [0.25, 0.3) is 0 Å². The number of carbonyl (C=O) groups excluding carboxylic acids is 1. The fraction of sp³-hybridized carbons (Fsp3) is 0.750. The second-order valence-electron chi connectivity index (χ2n) is 5.04. The maximum atomic E-state index is 12.2. The molecule has 8 heteroatoms. The maximum absolute atomic E-state index is 12.2. The number of nitrogens with zero attached hydrogens (tertiary/aromatic N) is 1. The van der Waals surface area contributed by atoms with E-state index in [-0.39, 0.29) is 32.0 Å². The Labute approximate surface area is 115 Å². The standard InChI is InChI=1S/C12H18N2O6/c15-10(9-6-20-4-2-13-9)14-3-1-7(11(16)17)8(5-14)12(18)19/h7-9,13H,1-6H2,(H,16,17)(H,18,19). The Kier molecular flexibility index (Phi) is 4.56. The lowest BCUT2D eigenvalue weighted by molar-refractivity contribution is -0.159. The predicted molar refractivity (Wildman–Crippen MR) is 66.1 cm³/mol. The first kappa shape index (κ1) is 14.7. The second kappa shape index (κ2) is 6.19. The lowest BCUT2D eigenvalue weighted by Crippen LogP contribution is -2.56. The third-order valence-electron chi connectivity index (χ3n) is 3.78. The third kappa shape index (κ3) is 3.07. The lowest BCUT2D eigenvalue weighted by Gasteiger charge is -2.37. The molecular formula is C12H18N2O6. The Bertz CT molecular complexity index is 407. The predicted octanol–water partition coefficient (Wildman–Crippen LogP) is -1.39. The molecule has 2 rings (SSSR count). The van der Waals surface area contributed by atoms with Crippen LogP contribution in [0.15, 0.2) is 0 Å². The molecule has 1 amide bonds. The van der Waals surface area contributed by atoms with Crippen molar-refractivity contribution in [2.45, 2.75) is 12.5 Å². The van der Waals surface area contributed by atoms with Gasteiger partial charge in [0.2, 0.25) is 5.91 Å². The van der Waals surface area contributed by atoms with Gasteiger partial charge in [0, 0.05) is 19.6 Å². The molecule has 8 nitrogen and oxygen atoms in total. The number of carbonyl (C=O) groups is 3. The van der Waals surface area contributed by atoms with Gasteiger partial charge in [-0.15, -0.1) is 0 Å². The minimum absolute atomic E-state index is 0.0662. The average Bonchev–Trinajstić information content (AvgIpc) is 2.46. The van der Waals surface area contributed by atoms with Crippen molar-refractivity contribution in [3.05, 3.63) is 0 Å². The molecule has 0 spiro atoms. The summed E-state index contributed by atoms with van der Waals surface area (Å²) in [5.74, 6) is -4.52. The van der Waals surface area contributed by atoms with E-state index >= 15 is 0 Å². The van der Waals surface area contributed by atoms with Gasteiger partial charge in [-0.05, 0) is 6.42 Å². The Hall–Kier alpha value is -1.67. The van der Waals surface area contributed by atoms with Crippen molar-refractivity contribution in [1.29, 1.82) is 0 Å². The van der Waals surface area contributed by atoms with Gasteiger partial charge < -0.3 is 25.2 Å². The number of likely N-dealkylation sites (tertiary alicyclic amines) is 1. The molecule has 2 heterocycles. The summed E-state index contributed by atoms with van der Waals surface area (Å²) in [7, 11) is 0. The number of amides is 1. The van der Waals surface area contributed by atoms with Crippen LogP contribution < -0.4 is 5.32 Å². The monoisotopic (exact) mass is 286 g/mol. The van der Waals surface area contributed by atoms with Crippen LogP contribution in [0.1, 0.15) is 6.42 Å². The highest BCUT2D eigenvalue weighted by Gasteiger charge is 2.41. The highest BCUT2D eigenvalue weighted by atomic mass is 16.5. The fourth-order valence-electron chi connectivity index (χ4n) is 2.64. The van der Waals surface area contributed by atoms with Crippen molar-refractivity contribution in [3.8, 4) is 0 Å². The van der Waals surface area contributed by atoms with Crippen molar-refractivity contribution < 1.29 is 29.3 Å². The number of nitrogens with one attached hydrogen (secondary N) is 1. The van der Waals surface area contributed by atoms with E-state index in [2.05, 4.69) is 5.32 Å². The van der Waals surface area contributed by atoms with Crippen LogP contribution in [-0.4, -0.2) is 71.8 Å². The molecule has 0 aliphatic carbocycles. The van der Waals surface area contributed by atoms with E-state index in [4.69, 9.17) is 14.9 Å². The third-order valence-corrected chi connectivity index (χ3v) is 3.78. The van der Waals surface area contributed by atoms with Gasteiger partial charge in [0.1, 0.15) is 6.04 Å². The van der Waals surface area contributed by atoms with Crippen LogP contribution in [0.4, 0.5) is 0 Å². The van der Waals surface area contributed by atoms with E-state index in [0.717, 1.165) is 0 Å². The number of carboxylic acid groups (broad SMARTS) is 2. The van der Waals surface area contributed by atoms with Crippen LogP contribution in [-0.2, 0) is 19.1 Å². The number of hydrogen-bond acceptors (Lipinski definition) is 5. The highest BCUT2D eigenvalue weighted by molar-refractivity contribution is 5.85. The van der Waals surface area contributed by atoms with Gasteiger partial charge in [0.15, 0.2) is 0 Å². The Morgan fingerprint density at radius 2 is 1.85 bits per heavy atom. The van der Waals surface area contributed by atoms with Crippen LogP contribution in [0.5, 0.6) is 0 Å². The van der Waals surface area contributed by atoms with Gasteiger partial charge in [0.25, 0.3) is 0 Å². The average molecular weight is 286 g/mol. The molecule has 3 unspecified atom stereocenters. The number of rotatable bonds is 3. The van der Waals surface area contributed by atoms with Crippen LogP contribution in [0, 0.1) is 11.8 Å². The normalized spacial score (nSPS) is 30.8. The van der Waals surface area contributed by atoms with Crippen molar-refractivity contribution in [1.82, 2.24) is 10.2 Å². The van der Waals surface area contributed by atoms with Crippen LogP contribution >= 0.6 is 0 Å².